The number of carbonyl (C=O) groups excluding carboxylic acids is 2. The van der Waals surface area contributed by atoms with Crippen molar-refractivity contribution in [3.05, 3.63) is 71.8 Å². The Balaban J connectivity index is 2.14. The van der Waals surface area contributed by atoms with Crippen molar-refractivity contribution in [3.8, 4) is 0 Å². The van der Waals surface area contributed by atoms with Crippen LogP contribution in [0.3, 0.4) is 0 Å². The lowest BCUT2D eigenvalue weighted by Crippen LogP contribution is -2.47. The van der Waals surface area contributed by atoms with Gasteiger partial charge in [-0.3, -0.25) is 9.59 Å². The van der Waals surface area contributed by atoms with Gasteiger partial charge in [-0.15, -0.1) is 0 Å². The van der Waals surface area contributed by atoms with Gasteiger partial charge in [0.25, 0.3) is 0 Å². The normalized spacial score (nSPS) is 11.6. The van der Waals surface area contributed by atoms with Crippen LogP contribution in [-0.4, -0.2) is 34.5 Å². The summed E-state index contributed by atoms with van der Waals surface area (Å²) in [5.74, 6) is -1.28. The van der Waals surface area contributed by atoms with Crippen molar-refractivity contribution in [3.63, 3.8) is 0 Å². The SMILES string of the molecule is CCC(CO)NC(=O)C(=O)N(Cc1ccccc1)Cc1ccccc1. The van der Waals surface area contributed by atoms with Crippen molar-refractivity contribution in [2.45, 2.75) is 32.5 Å². The van der Waals surface area contributed by atoms with E-state index in [-0.39, 0.29) is 6.61 Å². The first-order valence-corrected chi connectivity index (χ1v) is 8.42. The molecule has 132 valence electrons. The lowest BCUT2D eigenvalue weighted by Gasteiger charge is -2.23. The van der Waals surface area contributed by atoms with Crippen molar-refractivity contribution in [2.75, 3.05) is 6.61 Å². The van der Waals surface area contributed by atoms with Gasteiger partial charge in [-0.05, 0) is 17.5 Å². The van der Waals surface area contributed by atoms with Crippen LogP contribution in [0.2, 0.25) is 0 Å². The summed E-state index contributed by atoms with van der Waals surface area (Å²) in [6.07, 6.45) is 0.562. The van der Waals surface area contributed by atoms with E-state index in [1.54, 1.807) is 0 Å². The van der Waals surface area contributed by atoms with Gasteiger partial charge in [0.2, 0.25) is 0 Å². The second-order valence-electron chi connectivity index (χ2n) is 5.89. The van der Waals surface area contributed by atoms with E-state index >= 15 is 0 Å². The van der Waals surface area contributed by atoms with E-state index in [0.717, 1.165) is 11.1 Å². The first-order chi connectivity index (χ1) is 12.1. The second-order valence-corrected chi connectivity index (χ2v) is 5.89. The minimum absolute atomic E-state index is 0.188. The minimum Gasteiger partial charge on any atom is -0.394 e. The number of hydrogen-bond acceptors (Lipinski definition) is 3. The van der Waals surface area contributed by atoms with E-state index in [0.29, 0.717) is 19.5 Å². The maximum atomic E-state index is 12.7. The summed E-state index contributed by atoms with van der Waals surface area (Å²) in [5.41, 5.74) is 1.91. The number of aliphatic hydroxyl groups is 1. The molecule has 5 heteroatoms. The van der Waals surface area contributed by atoms with Gasteiger partial charge in [0.05, 0.1) is 12.6 Å². The highest BCUT2D eigenvalue weighted by Crippen LogP contribution is 2.10. The number of benzene rings is 2. The topological polar surface area (TPSA) is 69.6 Å². The molecule has 2 aromatic carbocycles. The largest absolute Gasteiger partial charge is 0.394 e. The fourth-order valence-corrected chi connectivity index (χ4v) is 2.47. The van der Waals surface area contributed by atoms with Gasteiger partial charge in [0.15, 0.2) is 0 Å². The van der Waals surface area contributed by atoms with Crippen molar-refractivity contribution in [2.24, 2.45) is 0 Å². The monoisotopic (exact) mass is 340 g/mol. The van der Waals surface area contributed by atoms with E-state index in [1.807, 2.05) is 67.6 Å². The summed E-state index contributed by atoms with van der Waals surface area (Å²) in [4.78, 5) is 26.4. The van der Waals surface area contributed by atoms with Crippen LogP contribution in [0.1, 0.15) is 24.5 Å². The Labute approximate surface area is 148 Å². The van der Waals surface area contributed by atoms with E-state index in [1.165, 1.54) is 4.90 Å². The summed E-state index contributed by atoms with van der Waals surface area (Å²) in [6.45, 7) is 2.35. The molecule has 1 unspecified atom stereocenters. The highest BCUT2D eigenvalue weighted by molar-refractivity contribution is 6.35. The maximum Gasteiger partial charge on any atom is 0.312 e. The predicted octanol–water partition coefficient (Wildman–Crippen LogP) is 2.10. The van der Waals surface area contributed by atoms with E-state index in [4.69, 9.17) is 0 Å². The molecular weight excluding hydrogens is 316 g/mol. The molecule has 2 amide bonds. The van der Waals surface area contributed by atoms with Gasteiger partial charge in [0, 0.05) is 13.1 Å². The molecule has 1 atom stereocenters. The summed E-state index contributed by atoms with van der Waals surface area (Å²) in [5, 5.41) is 11.8. The Morgan fingerprint density at radius 1 is 0.960 bits per heavy atom. The molecule has 0 spiro atoms. The van der Waals surface area contributed by atoms with Crippen LogP contribution in [0.25, 0.3) is 0 Å². The lowest BCUT2D eigenvalue weighted by molar-refractivity contribution is -0.147. The highest BCUT2D eigenvalue weighted by Gasteiger charge is 2.24. The molecule has 0 aliphatic carbocycles. The van der Waals surface area contributed by atoms with Crippen LogP contribution in [0.4, 0.5) is 0 Å². The molecule has 2 N–H and O–H groups in total. The molecule has 0 aromatic heterocycles. The molecule has 5 nitrogen and oxygen atoms in total. The van der Waals surface area contributed by atoms with Crippen LogP contribution < -0.4 is 5.32 Å². The maximum absolute atomic E-state index is 12.7. The molecule has 0 fully saturated rings. The van der Waals surface area contributed by atoms with Gasteiger partial charge in [-0.25, -0.2) is 0 Å². The number of carbonyl (C=O) groups is 2. The van der Waals surface area contributed by atoms with Gasteiger partial charge in [0.1, 0.15) is 0 Å². The molecule has 0 radical (unpaired) electrons. The van der Waals surface area contributed by atoms with Crippen LogP contribution in [0.5, 0.6) is 0 Å². The Bertz CT molecular complexity index is 628. The van der Waals surface area contributed by atoms with Gasteiger partial charge < -0.3 is 15.3 Å². The number of aliphatic hydroxyl groups excluding tert-OH is 1. The molecule has 0 saturated carbocycles. The number of amides is 2. The zero-order chi connectivity index (χ0) is 18.1. The molecule has 0 bridgehead atoms. The average Bonchev–Trinajstić information content (AvgIpc) is 2.66. The molecular formula is C20H24N2O3. The zero-order valence-electron chi connectivity index (χ0n) is 14.4. The Morgan fingerprint density at radius 3 is 1.84 bits per heavy atom. The van der Waals surface area contributed by atoms with Crippen LogP contribution in [0.15, 0.2) is 60.7 Å². The fraction of sp³-hybridized carbons (Fsp3) is 0.300. The van der Waals surface area contributed by atoms with Gasteiger partial charge >= 0.3 is 11.8 Å². The zero-order valence-corrected chi connectivity index (χ0v) is 14.4. The quantitative estimate of drug-likeness (QED) is 0.759. The molecule has 25 heavy (non-hydrogen) atoms. The van der Waals surface area contributed by atoms with Crippen molar-refractivity contribution < 1.29 is 14.7 Å². The van der Waals surface area contributed by atoms with E-state index in [2.05, 4.69) is 5.32 Å². The van der Waals surface area contributed by atoms with E-state index in [9.17, 15) is 14.7 Å². The van der Waals surface area contributed by atoms with Crippen LogP contribution in [-0.2, 0) is 22.7 Å². The highest BCUT2D eigenvalue weighted by atomic mass is 16.3. The number of nitrogens with zero attached hydrogens (tertiary/aromatic N) is 1. The van der Waals surface area contributed by atoms with Crippen molar-refractivity contribution >= 4 is 11.8 Å². The fourth-order valence-electron chi connectivity index (χ4n) is 2.47. The van der Waals surface area contributed by atoms with Crippen molar-refractivity contribution in [1.29, 1.82) is 0 Å². The Hall–Kier alpha value is -2.66. The van der Waals surface area contributed by atoms with Crippen LogP contribution in [0, 0.1) is 0 Å². The molecule has 0 saturated heterocycles. The third-order valence-corrected chi connectivity index (χ3v) is 3.96. The predicted molar refractivity (Wildman–Crippen MR) is 96.4 cm³/mol. The van der Waals surface area contributed by atoms with Crippen molar-refractivity contribution in [1.82, 2.24) is 10.2 Å². The summed E-state index contributed by atoms with van der Waals surface area (Å²) < 4.78 is 0. The standard InChI is InChI=1S/C20H24N2O3/c1-2-18(15-23)21-19(24)20(25)22(13-16-9-5-3-6-10-16)14-17-11-7-4-8-12-17/h3-12,18,23H,2,13-15H2,1H3,(H,21,24). The Morgan fingerprint density at radius 2 is 1.44 bits per heavy atom. The van der Waals surface area contributed by atoms with E-state index < -0.39 is 17.9 Å². The summed E-state index contributed by atoms with van der Waals surface area (Å²) in [7, 11) is 0. The Kier molecular flexibility index (Phi) is 7.16. The summed E-state index contributed by atoms with van der Waals surface area (Å²) in [6, 6.07) is 18.7. The molecule has 0 heterocycles. The number of nitrogens with one attached hydrogen (secondary N) is 1. The second kappa shape index (κ2) is 9.59. The third kappa shape index (κ3) is 5.72. The third-order valence-electron chi connectivity index (χ3n) is 3.96. The summed E-state index contributed by atoms with van der Waals surface area (Å²) >= 11 is 0. The lowest BCUT2D eigenvalue weighted by atomic mass is 10.1. The van der Waals surface area contributed by atoms with Crippen LogP contribution >= 0.6 is 0 Å². The molecule has 2 aromatic rings. The molecule has 2 rings (SSSR count). The van der Waals surface area contributed by atoms with Gasteiger partial charge in [-0.2, -0.15) is 0 Å². The molecule has 0 aliphatic heterocycles. The number of rotatable bonds is 7. The van der Waals surface area contributed by atoms with Gasteiger partial charge in [-0.1, -0.05) is 67.6 Å². The number of hydrogen-bond donors (Lipinski definition) is 2. The minimum atomic E-state index is -0.687. The average molecular weight is 340 g/mol. The first kappa shape index (κ1) is 18.7. The molecule has 0 aliphatic rings. The smallest absolute Gasteiger partial charge is 0.312 e. The first-order valence-electron chi connectivity index (χ1n) is 8.42.